The van der Waals surface area contributed by atoms with E-state index in [0.29, 0.717) is 0 Å². The second kappa shape index (κ2) is 8.34. The Morgan fingerprint density at radius 2 is 1.02 bits per heavy atom. The third-order valence-electron chi connectivity index (χ3n) is 10.1. The maximum atomic E-state index is 5.44. The van der Waals surface area contributed by atoms with E-state index in [-0.39, 0.29) is 0 Å². The summed E-state index contributed by atoms with van der Waals surface area (Å²) in [5.74, 6) is 0. The van der Waals surface area contributed by atoms with Gasteiger partial charge in [-0.05, 0) is 77.8 Å². The van der Waals surface area contributed by atoms with Gasteiger partial charge in [0.2, 0.25) is 0 Å². The first kappa shape index (κ1) is 23.5. The lowest BCUT2D eigenvalue weighted by atomic mass is 9.89. The molecule has 45 heavy (non-hydrogen) atoms. The predicted molar refractivity (Wildman–Crippen MR) is 192 cm³/mol. The van der Waals surface area contributed by atoms with Crippen molar-refractivity contribution in [1.29, 1.82) is 0 Å². The molecule has 0 aliphatic heterocycles. The molecule has 0 saturated carbocycles. The van der Waals surface area contributed by atoms with Crippen LogP contribution < -0.4 is 0 Å². The average molecular weight is 569 g/mol. The molecule has 2 heterocycles. The van der Waals surface area contributed by atoms with Crippen LogP contribution in [-0.4, -0.2) is 9.38 Å². The van der Waals surface area contributed by atoms with Crippen molar-refractivity contribution in [2.75, 3.05) is 0 Å². The molecule has 0 atom stereocenters. The second-order valence-corrected chi connectivity index (χ2v) is 12.3. The van der Waals surface area contributed by atoms with Crippen LogP contribution in [0.15, 0.2) is 146 Å². The highest BCUT2D eigenvalue weighted by atomic mass is 15.0. The number of rotatable bonds is 1. The molecule has 0 amide bonds. The van der Waals surface area contributed by atoms with Crippen molar-refractivity contribution >= 4 is 92.2 Å². The third kappa shape index (κ3) is 2.96. The summed E-state index contributed by atoms with van der Waals surface area (Å²) in [4.78, 5) is 5.44. The Bertz CT molecular complexity index is 3020. The van der Waals surface area contributed by atoms with Crippen molar-refractivity contribution in [3.05, 3.63) is 146 Å². The molecule has 2 aromatic heterocycles. The zero-order valence-electron chi connectivity index (χ0n) is 24.3. The minimum absolute atomic E-state index is 1.00. The van der Waals surface area contributed by atoms with Gasteiger partial charge in [0.25, 0.3) is 0 Å². The van der Waals surface area contributed by atoms with Gasteiger partial charge in [0, 0.05) is 21.5 Å². The fourth-order valence-electron chi connectivity index (χ4n) is 8.13. The number of aromatic nitrogens is 2. The minimum Gasteiger partial charge on any atom is -0.291 e. The van der Waals surface area contributed by atoms with Gasteiger partial charge in [-0.3, -0.25) is 4.40 Å². The zero-order valence-corrected chi connectivity index (χ0v) is 24.3. The minimum atomic E-state index is 1.00. The van der Waals surface area contributed by atoms with E-state index >= 15 is 0 Å². The van der Waals surface area contributed by atoms with Crippen molar-refractivity contribution in [1.82, 2.24) is 9.38 Å². The molecule has 0 spiro atoms. The monoisotopic (exact) mass is 568 g/mol. The average Bonchev–Trinajstić information content (AvgIpc) is 3.52. The SMILES string of the molecule is c1cc2ccc3ccc(-c4ccc5c(c4)c4ccccc4n4c5nc5c6ccccc6c6ccccc6c54)c4ccc(c1)c2c34. The van der Waals surface area contributed by atoms with Crippen molar-refractivity contribution in [2.45, 2.75) is 0 Å². The fourth-order valence-corrected chi connectivity index (χ4v) is 8.13. The molecule has 2 nitrogen and oxygen atoms in total. The molecule has 0 unspecified atom stereocenters. The normalized spacial score (nSPS) is 12.4. The molecular weight excluding hydrogens is 544 g/mol. The lowest BCUT2D eigenvalue weighted by Crippen LogP contribution is -1.93. The van der Waals surface area contributed by atoms with E-state index in [1.165, 1.54) is 92.2 Å². The summed E-state index contributed by atoms with van der Waals surface area (Å²) in [6.07, 6.45) is 0. The van der Waals surface area contributed by atoms with E-state index in [1.807, 2.05) is 0 Å². The van der Waals surface area contributed by atoms with Crippen LogP contribution >= 0.6 is 0 Å². The summed E-state index contributed by atoms with van der Waals surface area (Å²) < 4.78 is 2.40. The number of imidazole rings is 1. The number of benzene rings is 9. The lowest BCUT2D eigenvalue weighted by Gasteiger charge is -2.15. The van der Waals surface area contributed by atoms with Crippen molar-refractivity contribution < 1.29 is 0 Å². The van der Waals surface area contributed by atoms with Gasteiger partial charge in [0.05, 0.1) is 16.6 Å². The Morgan fingerprint density at radius 3 is 1.84 bits per heavy atom. The summed E-state index contributed by atoms with van der Waals surface area (Å²) in [5, 5.41) is 16.4. The number of para-hydroxylation sites is 1. The molecule has 0 radical (unpaired) electrons. The quantitative estimate of drug-likeness (QED) is 0.180. The molecule has 0 fully saturated rings. The summed E-state index contributed by atoms with van der Waals surface area (Å²) in [6, 6.07) is 53.5. The van der Waals surface area contributed by atoms with Crippen LogP contribution in [0.2, 0.25) is 0 Å². The smallest absolute Gasteiger partial charge is 0.146 e. The maximum absolute atomic E-state index is 5.44. The van der Waals surface area contributed by atoms with Crippen molar-refractivity contribution in [2.24, 2.45) is 0 Å². The largest absolute Gasteiger partial charge is 0.291 e. The predicted octanol–water partition coefficient (Wildman–Crippen LogP) is 11.7. The van der Waals surface area contributed by atoms with Crippen LogP contribution in [-0.2, 0) is 0 Å². The molecule has 9 aromatic carbocycles. The van der Waals surface area contributed by atoms with Crippen LogP contribution in [0.3, 0.4) is 0 Å². The maximum Gasteiger partial charge on any atom is 0.146 e. The van der Waals surface area contributed by atoms with Crippen LogP contribution in [0.5, 0.6) is 0 Å². The van der Waals surface area contributed by atoms with Crippen LogP contribution in [0.25, 0.3) is 103 Å². The topological polar surface area (TPSA) is 17.3 Å². The molecule has 0 aliphatic carbocycles. The summed E-state index contributed by atoms with van der Waals surface area (Å²) >= 11 is 0. The van der Waals surface area contributed by atoms with E-state index in [4.69, 9.17) is 4.98 Å². The Balaban J connectivity index is 1.29. The zero-order chi connectivity index (χ0) is 29.2. The third-order valence-corrected chi connectivity index (χ3v) is 10.1. The summed E-state index contributed by atoms with van der Waals surface area (Å²) in [6.45, 7) is 0. The van der Waals surface area contributed by atoms with Gasteiger partial charge < -0.3 is 0 Å². The van der Waals surface area contributed by atoms with Gasteiger partial charge in [-0.2, -0.15) is 0 Å². The number of hydrogen-bond acceptors (Lipinski definition) is 1. The van der Waals surface area contributed by atoms with Crippen molar-refractivity contribution in [3.63, 3.8) is 0 Å². The first-order chi connectivity index (χ1) is 22.3. The molecule has 2 heteroatoms. The number of pyridine rings is 1. The molecule has 11 aromatic rings. The second-order valence-electron chi connectivity index (χ2n) is 12.3. The van der Waals surface area contributed by atoms with E-state index < -0.39 is 0 Å². The Labute approximate surface area is 257 Å². The van der Waals surface area contributed by atoms with Crippen LogP contribution in [0, 0.1) is 0 Å². The first-order valence-corrected chi connectivity index (χ1v) is 15.6. The standard InChI is InChI=1S/C43H24N2/c1-3-13-34-30(10-1)31-11-2-4-14-35(31)42-41(34)44-43-36-23-20-28(24-37(36)32-12-5-6-15-38(32)45(42)43)29-21-18-27-17-16-25-8-7-9-26-19-22-33(29)40(27)39(25)26/h1-24H. The molecule has 0 aliphatic rings. The summed E-state index contributed by atoms with van der Waals surface area (Å²) in [5.41, 5.74) is 6.89. The molecule has 0 bridgehead atoms. The molecule has 0 N–H and O–H groups in total. The Hall–Kier alpha value is -5.99. The van der Waals surface area contributed by atoms with E-state index in [2.05, 4.69) is 150 Å². The van der Waals surface area contributed by atoms with Gasteiger partial charge >= 0.3 is 0 Å². The van der Waals surface area contributed by atoms with Crippen molar-refractivity contribution in [3.8, 4) is 11.1 Å². The van der Waals surface area contributed by atoms with Crippen LogP contribution in [0.4, 0.5) is 0 Å². The van der Waals surface area contributed by atoms with Gasteiger partial charge in [-0.25, -0.2) is 4.98 Å². The molecule has 11 rings (SSSR count). The van der Waals surface area contributed by atoms with Gasteiger partial charge in [-0.1, -0.05) is 127 Å². The highest BCUT2D eigenvalue weighted by Gasteiger charge is 2.19. The van der Waals surface area contributed by atoms with E-state index in [1.54, 1.807) is 0 Å². The molecule has 0 saturated heterocycles. The van der Waals surface area contributed by atoms with Gasteiger partial charge in [0.15, 0.2) is 0 Å². The summed E-state index contributed by atoms with van der Waals surface area (Å²) in [7, 11) is 0. The van der Waals surface area contributed by atoms with Crippen LogP contribution in [0.1, 0.15) is 0 Å². The number of fused-ring (bicyclic) bond motifs is 13. The van der Waals surface area contributed by atoms with E-state index in [0.717, 1.165) is 11.2 Å². The molecule has 206 valence electrons. The molecular formula is C43H24N2. The number of nitrogens with zero attached hydrogens (tertiary/aromatic N) is 2. The van der Waals surface area contributed by atoms with Gasteiger partial charge in [-0.15, -0.1) is 0 Å². The van der Waals surface area contributed by atoms with Gasteiger partial charge in [0.1, 0.15) is 5.65 Å². The fraction of sp³-hybridized carbons (Fsp3) is 0. The highest BCUT2D eigenvalue weighted by Crippen LogP contribution is 2.43. The van der Waals surface area contributed by atoms with E-state index in [9.17, 15) is 0 Å². The Morgan fingerprint density at radius 1 is 0.400 bits per heavy atom. The lowest BCUT2D eigenvalue weighted by molar-refractivity contribution is 1.32. The number of hydrogen-bond donors (Lipinski definition) is 0. The Kier molecular flexibility index (Phi) is 4.35. The first-order valence-electron chi connectivity index (χ1n) is 15.6. The highest BCUT2D eigenvalue weighted by molar-refractivity contribution is 6.28.